The van der Waals surface area contributed by atoms with E-state index in [9.17, 15) is 14.4 Å². The molecule has 0 bridgehead atoms. The zero-order valence-electron chi connectivity index (χ0n) is 18.3. The number of hydrogen-bond donors (Lipinski definition) is 8. The van der Waals surface area contributed by atoms with Crippen molar-refractivity contribution in [2.45, 2.75) is 20.3 Å². The number of amides is 3. The molecule has 3 rings (SSSR count). The number of aromatic amines is 2. The van der Waals surface area contributed by atoms with Crippen molar-refractivity contribution in [2.24, 2.45) is 12.8 Å². The van der Waals surface area contributed by atoms with E-state index in [1.165, 1.54) is 6.07 Å². The van der Waals surface area contributed by atoms with Gasteiger partial charge in [-0.25, -0.2) is 0 Å². The molecule has 0 saturated carbocycles. The fourth-order valence-corrected chi connectivity index (χ4v) is 3.04. The molecule has 0 aliphatic rings. The summed E-state index contributed by atoms with van der Waals surface area (Å²) in [4.78, 5) is 37.5. The lowest BCUT2D eigenvalue weighted by Gasteiger charge is -2.05. The summed E-state index contributed by atoms with van der Waals surface area (Å²) in [5, 5.41) is 28.2. The maximum absolute atomic E-state index is 12.7. The fourth-order valence-electron chi connectivity index (χ4n) is 3.04. The summed E-state index contributed by atoms with van der Waals surface area (Å²) in [6.45, 7) is 3.44. The summed E-state index contributed by atoms with van der Waals surface area (Å²) in [6.07, 6.45) is 1.83. The monoisotopic (exact) mass is 455 g/mol. The normalized spacial score (nSPS) is 10.6. The van der Waals surface area contributed by atoms with Gasteiger partial charge in [0.15, 0.2) is 11.6 Å². The van der Waals surface area contributed by atoms with Crippen LogP contribution in [0.15, 0.2) is 12.3 Å². The van der Waals surface area contributed by atoms with E-state index >= 15 is 0 Å². The van der Waals surface area contributed by atoms with E-state index < -0.39 is 17.7 Å². The minimum atomic E-state index is -0.554. The van der Waals surface area contributed by atoms with Gasteiger partial charge in [0, 0.05) is 37.3 Å². The molecule has 0 atom stereocenters. The van der Waals surface area contributed by atoms with Crippen molar-refractivity contribution in [1.29, 1.82) is 5.41 Å². The third kappa shape index (κ3) is 5.00. The quantitative estimate of drug-likeness (QED) is 0.174. The number of nitrogens with zero attached hydrogens (tertiary/aromatic N) is 3. The van der Waals surface area contributed by atoms with Crippen molar-refractivity contribution in [3.63, 3.8) is 0 Å². The third-order valence-corrected chi connectivity index (χ3v) is 4.88. The van der Waals surface area contributed by atoms with Gasteiger partial charge in [-0.05, 0) is 19.9 Å². The Balaban J connectivity index is 1.68. The number of nitrogens with two attached hydrogens (primary N) is 2. The molecular weight excluding hydrogens is 430 g/mol. The largest absolute Gasteiger partial charge is 0.397 e. The maximum Gasteiger partial charge on any atom is 0.275 e. The summed E-state index contributed by atoms with van der Waals surface area (Å²) in [5.74, 6) is -1.11. The Morgan fingerprint density at radius 2 is 1.58 bits per heavy atom. The van der Waals surface area contributed by atoms with E-state index in [1.807, 2.05) is 0 Å². The molecule has 3 amide bonds. The minimum absolute atomic E-state index is 0.0390. The van der Waals surface area contributed by atoms with E-state index in [0.29, 0.717) is 22.5 Å². The van der Waals surface area contributed by atoms with Crippen molar-refractivity contribution in [1.82, 2.24) is 30.3 Å². The van der Waals surface area contributed by atoms with Crippen LogP contribution in [0.4, 0.5) is 17.3 Å². The predicted molar refractivity (Wildman–Crippen MR) is 121 cm³/mol. The molecule has 0 saturated heterocycles. The van der Waals surface area contributed by atoms with Gasteiger partial charge in [0.25, 0.3) is 17.7 Å². The molecule has 10 N–H and O–H groups in total. The molecule has 0 unspecified atom stereocenters. The van der Waals surface area contributed by atoms with E-state index in [1.54, 1.807) is 31.7 Å². The number of carbonyl (C=O) groups excluding carboxylic acids is 3. The molecule has 14 heteroatoms. The highest BCUT2D eigenvalue weighted by atomic mass is 16.2. The van der Waals surface area contributed by atoms with Crippen LogP contribution in [0.3, 0.4) is 0 Å². The first-order chi connectivity index (χ1) is 15.6. The number of H-pyrrole nitrogens is 2. The number of nitrogens with one attached hydrogen (secondary N) is 6. The first kappa shape index (κ1) is 23.1. The summed E-state index contributed by atoms with van der Waals surface area (Å²) in [5.41, 5.74) is 12.9. The second-order valence-electron chi connectivity index (χ2n) is 7.35. The number of amidine groups is 1. The van der Waals surface area contributed by atoms with Gasteiger partial charge in [0.05, 0.1) is 11.5 Å². The molecule has 3 aromatic heterocycles. The van der Waals surface area contributed by atoms with Crippen LogP contribution in [0.2, 0.25) is 0 Å². The predicted octanol–water partition coefficient (Wildman–Crippen LogP) is 0.231. The molecule has 3 heterocycles. The van der Waals surface area contributed by atoms with Crippen molar-refractivity contribution < 1.29 is 14.4 Å². The van der Waals surface area contributed by atoms with E-state index in [-0.39, 0.29) is 41.8 Å². The highest BCUT2D eigenvalue weighted by Gasteiger charge is 2.22. The summed E-state index contributed by atoms with van der Waals surface area (Å²) >= 11 is 0. The van der Waals surface area contributed by atoms with Crippen molar-refractivity contribution in [3.05, 3.63) is 40.5 Å². The summed E-state index contributed by atoms with van der Waals surface area (Å²) in [6, 6.07) is 1.53. The summed E-state index contributed by atoms with van der Waals surface area (Å²) < 4.78 is 1.58. The highest BCUT2D eigenvalue weighted by Crippen LogP contribution is 2.20. The van der Waals surface area contributed by atoms with Crippen LogP contribution in [-0.2, 0) is 7.05 Å². The third-order valence-electron chi connectivity index (χ3n) is 4.88. The van der Waals surface area contributed by atoms with E-state index in [0.717, 1.165) is 0 Å². The maximum atomic E-state index is 12.7. The van der Waals surface area contributed by atoms with Gasteiger partial charge in [-0.2, -0.15) is 10.2 Å². The number of rotatable bonds is 8. The molecule has 3 aromatic rings. The number of nitrogen functional groups attached to an aromatic ring is 1. The zero-order chi connectivity index (χ0) is 24.3. The molecule has 0 aliphatic heterocycles. The standard InChI is InChI=1S/C19H25N11O3/c1-8-13(18(32)23-5-4-12(21)22)26-29-16(8)25-19(33)14-9(2)15(28-27-14)24-17(31)11-6-10(20)7-30(11)3/h6-7H,4-5,20H2,1-3H3,(H3,21,22)(H,23,32)(H2,24,27,28,31)(H2,25,26,29,33). The molecule has 174 valence electrons. The average molecular weight is 455 g/mol. The van der Waals surface area contributed by atoms with E-state index in [2.05, 4.69) is 36.3 Å². The van der Waals surface area contributed by atoms with Crippen molar-refractivity contribution in [3.8, 4) is 0 Å². The molecule has 14 nitrogen and oxygen atoms in total. The van der Waals surface area contributed by atoms with Crippen molar-refractivity contribution >= 4 is 40.9 Å². The van der Waals surface area contributed by atoms with E-state index in [4.69, 9.17) is 16.9 Å². The summed E-state index contributed by atoms with van der Waals surface area (Å²) in [7, 11) is 1.69. The molecule has 0 fully saturated rings. The lowest BCUT2D eigenvalue weighted by molar-refractivity contribution is 0.0947. The van der Waals surface area contributed by atoms with Crippen molar-refractivity contribution in [2.75, 3.05) is 22.9 Å². The fraction of sp³-hybridized carbons (Fsp3) is 0.263. The molecule has 0 aromatic carbocycles. The van der Waals surface area contributed by atoms with Gasteiger partial charge >= 0.3 is 0 Å². The first-order valence-electron chi connectivity index (χ1n) is 9.84. The second-order valence-corrected chi connectivity index (χ2v) is 7.35. The van der Waals surface area contributed by atoms with Crippen LogP contribution in [0, 0.1) is 19.3 Å². The molecule has 0 radical (unpaired) electrons. The Hall–Kier alpha value is -4.62. The molecule has 0 spiro atoms. The van der Waals surface area contributed by atoms with Crippen LogP contribution < -0.4 is 27.4 Å². The number of carbonyl (C=O) groups is 3. The Bertz CT molecular complexity index is 1230. The second kappa shape index (κ2) is 9.25. The molecule has 0 aliphatic carbocycles. The highest BCUT2D eigenvalue weighted by molar-refractivity contribution is 6.07. The first-order valence-corrected chi connectivity index (χ1v) is 9.84. The van der Waals surface area contributed by atoms with Gasteiger partial charge in [0.1, 0.15) is 17.1 Å². The Labute approximate surface area is 188 Å². The molecule has 33 heavy (non-hydrogen) atoms. The molecular formula is C19H25N11O3. The van der Waals surface area contributed by atoms with Crippen LogP contribution in [0.25, 0.3) is 0 Å². The smallest absolute Gasteiger partial charge is 0.275 e. The van der Waals surface area contributed by atoms with Gasteiger partial charge in [-0.3, -0.25) is 30.0 Å². The van der Waals surface area contributed by atoms with Gasteiger partial charge in [0.2, 0.25) is 0 Å². The average Bonchev–Trinajstić information content (AvgIpc) is 3.39. The van der Waals surface area contributed by atoms with Crippen LogP contribution >= 0.6 is 0 Å². The number of aryl methyl sites for hydroxylation is 1. The van der Waals surface area contributed by atoms with Crippen LogP contribution in [0.1, 0.15) is 49.0 Å². The number of hydrogen-bond acceptors (Lipinski definition) is 7. The number of aromatic nitrogens is 5. The lowest BCUT2D eigenvalue weighted by atomic mass is 10.2. The van der Waals surface area contributed by atoms with Gasteiger partial charge in [-0.15, -0.1) is 0 Å². The van der Waals surface area contributed by atoms with Gasteiger partial charge in [-0.1, -0.05) is 0 Å². The van der Waals surface area contributed by atoms with Crippen LogP contribution in [-0.4, -0.2) is 55.1 Å². The van der Waals surface area contributed by atoms with Crippen LogP contribution in [0.5, 0.6) is 0 Å². The van der Waals surface area contributed by atoms with Gasteiger partial charge < -0.3 is 32.0 Å². The Morgan fingerprint density at radius 1 is 1.03 bits per heavy atom. The number of anilines is 3. The SMILES string of the molecule is Cc1c(NC(=O)c2[nH]nc(NC(=O)c3cc(N)cn3C)c2C)n[nH]c1C(=O)NCCC(=N)N. The topological polar surface area (TPSA) is 225 Å². The Morgan fingerprint density at radius 3 is 2.09 bits per heavy atom. The Kier molecular flexibility index (Phi) is 6.46. The minimum Gasteiger partial charge on any atom is -0.397 e. The lowest BCUT2D eigenvalue weighted by Crippen LogP contribution is -2.28. The zero-order valence-corrected chi connectivity index (χ0v) is 18.3.